The molecular formula is C15H16BrNO. The zero-order chi connectivity index (χ0) is 12.8. The number of halogens is 1. The molecule has 2 aromatic carbocycles. The molecule has 0 fully saturated rings. The van der Waals surface area contributed by atoms with Gasteiger partial charge in [0.25, 0.3) is 0 Å². The molecule has 0 amide bonds. The third-order valence-corrected chi connectivity index (χ3v) is 3.51. The van der Waals surface area contributed by atoms with Crippen LogP contribution < -0.4 is 10.1 Å². The number of hydrogen-bond acceptors (Lipinski definition) is 2. The molecule has 0 saturated carbocycles. The minimum atomic E-state index is 0.832. The quantitative estimate of drug-likeness (QED) is 0.908. The number of hydrogen-bond donors (Lipinski definition) is 1. The fourth-order valence-corrected chi connectivity index (χ4v) is 2.19. The molecule has 0 aliphatic carbocycles. The lowest BCUT2D eigenvalue weighted by Gasteiger charge is -2.08. The van der Waals surface area contributed by atoms with E-state index < -0.39 is 0 Å². The molecule has 0 atom stereocenters. The van der Waals surface area contributed by atoms with E-state index in [1.165, 1.54) is 11.1 Å². The molecule has 2 nitrogen and oxygen atoms in total. The van der Waals surface area contributed by atoms with Crippen molar-refractivity contribution in [1.29, 1.82) is 0 Å². The van der Waals surface area contributed by atoms with Gasteiger partial charge >= 0.3 is 0 Å². The van der Waals surface area contributed by atoms with Crippen molar-refractivity contribution in [2.45, 2.75) is 13.1 Å². The smallest absolute Gasteiger partial charge is 0.119 e. The molecule has 0 aliphatic rings. The van der Waals surface area contributed by atoms with Crippen LogP contribution >= 0.6 is 15.9 Å². The Balaban J connectivity index is 1.90. The number of ether oxygens (including phenoxy) is 1. The molecule has 0 unspecified atom stereocenters. The molecule has 0 heterocycles. The van der Waals surface area contributed by atoms with E-state index in [1.54, 1.807) is 7.11 Å². The Labute approximate surface area is 116 Å². The van der Waals surface area contributed by atoms with Crippen LogP contribution in [0.4, 0.5) is 0 Å². The Morgan fingerprint density at radius 2 is 1.89 bits per heavy atom. The van der Waals surface area contributed by atoms with Gasteiger partial charge in [0.1, 0.15) is 5.75 Å². The van der Waals surface area contributed by atoms with Crippen molar-refractivity contribution in [2.24, 2.45) is 0 Å². The summed E-state index contributed by atoms with van der Waals surface area (Å²) in [6.45, 7) is 1.68. The molecule has 0 aromatic heterocycles. The maximum absolute atomic E-state index is 5.20. The number of benzene rings is 2. The topological polar surface area (TPSA) is 21.3 Å². The molecule has 0 spiro atoms. The SMILES string of the molecule is COc1cccc(CNCc2ccccc2Br)c1. The van der Waals surface area contributed by atoms with Gasteiger partial charge in [0.2, 0.25) is 0 Å². The van der Waals surface area contributed by atoms with Crippen LogP contribution in [0, 0.1) is 0 Å². The monoisotopic (exact) mass is 305 g/mol. The molecule has 0 aliphatic heterocycles. The maximum atomic E-state index is 5.20. The highest BCUT2D eigenvalue weighted by Gasteiger charge is 1.99. The van der Waals surface area contributed by atoms with E-state index in [1.807, 2.05) is 30.3 Å². The third-order valence-electron chi connectivity index (χ3n) is 2.74. The minimum Gasteiger partial charge on any atom is -0.497 e. The summed E-state index contributed by atoms with van der Waals surface area (Å²) in [7, 11) is 1.69. The lowest BCUT2D eigenvalue weighted by atomic mass is 10.2. The molecular weight excluding hydrogens is 290 g/mol. The molecule has 3 heteroatoms. The van der Waals surface area contributed by atoms with Gasteiger partial charge in [-0.2, -0.15) is 0 Å². The van der Waals surface area contributed by atoms with Crippen LogP contribution in [-0.4, -0.2) is 7.11 Å². The summed E-state index contributed by atoms with van der Waals surface area (Å²) in [4.78, 5) is 0. The first-order chi connectivity index (χ1) is 8.79. The lowest BCUT2D eigenvalue weighted by molar-refractivity contribution is 0.414. The number of rotatable bonds is 5. The fraction of sp³-hybridized carbons (Fsp3) is 0.200. The number of nitrogens with one attached hydrogen (secondary N) is 1. The van der Waals surface area contributed by atoms with Crippen molar-refractivity contribution in [3.8, 4) is 5.75 Å². The summed E-state index contributed by atoms with van der Waals surface area (Å²) in [5, 5.41) is 3.42. The Morgan fingerprint density at radius 3 is 2.67 bits per heavy atom. The second kappa shape index (κ2) is 6.57. The van der Waals surface area contributed by atoms with Gasteiger partial charge in [0.15, 0.2) is 0 Å². The fourth-order valence-electron chi connectivity index (χ4n) is 1.77. The van der Waals surface area contributed by atoms with E-state index in [4.69, 9.17) is 4.74 Å². The summed E-state index contributed by atoms with van der Waals surface area (Å²) in [5.74, 6) is 0.898. The average Bonchev–Trinajstić information content (AvgIpc) is 2.41. The molecule has 2 aromatic rings. The third kappa shape index (κ3) is 3.59. The van der Waals surface area contributed by atoms with E-state index in [0.29, 0.717) is 0 Å². The van der Waals surface area contributed by atoms with E-state index in [-0.39, 0.29) is 0 Å². The molecule has 18 heavy (non-hydrogen) atoms. The largest absolute Gasteiger partial charge is 0.497 e. The summed E-state index contributed by atoms with van der Waals surface area (Å²) in [6.07, 6.45) is 0. The first-order valence-corrected chi connectivity index (χ1v) is 6.66. The Morgan fingerprint density at radius 1 is 1.06 bits per heavy atom. The predicted octanol–water partition coefficient (Wildman–Crippen LogP) is 3.75. The van der Waals surface area contributed by atoms with Gasteiger partial charge < -0.3 is 10.1 Å². The van der Waals surface area contributed by atoms with Gasteiger partial charge in [-0.3, -0.25) is 0 Å². The zero-order valence-electron chi connectivity index (χ0n) is 10.3. The van der Waals surface area contributed by atoms with Gasteiger partial charge in [0, 0.05) is 17.6 Å². The standard InChI is InChI=1S/C15H16BrNO/c1-18-14-7-4-5-12(9-14)10-17-11-13-6-2-3-8-15(13)16/h2-9,17H,10-11H2,1H3. The zero-order valence-corrected chi connectivity index (χ0v) is 11.9. The average molecular weight is 306 g/mol. The Bertz CT molecular complexity index is 513. The summed E-state index contributed by atoms with van der Waals surface area (Å²) in [5.41, 5.74) is 2.49. The van der Waals surface area contributed by atoms with Gasteiger partial charge in [-0.05, 0) is 29.3 Å². The van der Waals surface area contributed by atoms with Crippen LogP contribution in [0.25, 0.3) is 0 Å². The van der Waals surface area contributed by atoms with Crippen molar-refractivity contribution in [3.05, 3.63) is 64.1 Å². The van der Waals surface area contributed by atoms with Crippen LogP contribution in [-0.2, 0) is 13.1 Å². The van der Waals surface area contributed by atoms with Gasteiger partial charge in [0.05, 0.1) is 7.11 Å². The summed E-state index contributed by atoms with van der Waals surface area (Å²) in [6, 6.07) is 16.3. The van der Waals surface area contributed by atoms with Crippen LogP contribution in [0.5, 0.6) is 5.75 Å². The van der Waals surface area contributed by atoms with Crippen LogP contribution in [0.3, 0.4) is 0 Å². The van der Waals surface area contributed by atoms with E-state index in [0.717, 1.165) is 23.3 Å². The molecule has 0 saturated heterocycles. The van der Waals surface area contributed by atoms with Gasteiger partial charge in [-0.25, -0.2) is 0 Å². The normalized spacial score (nSPS) is 10.3. The second-order valence-corrected chi connectivity index (χ2v) is 4.90. The Kier molecular flexibility index (Phi) is 4.79. The van der Waals surface area contributed by atoms with Gasteiger partial charge in [-0.15, -0.1) is 0 Å². The predicted molar refractivity (Wildman–Crippen MR) is 77.7 cm³/mol. The summed E-state index contributed by atoms with van der Waals surface area (Å²) < 4.78 is 6.35. The van der Waals surface area contributed by atoms with Crippen molar-refractivity contribution in [1.82, 2.24) is 5.32 Å². The summed E-state index contributed by atoms with van der Waals surface area (Å²) >= 11 is 3.55. The molecule has 1 N–H and O–H groups in total. The second-order valence-electron chi connectivity index (χ2n) is 4.05. The first kappa shape index (κ1) is 13.1. The highest BCUT2D eigenvalue weighted by molar-refractivity contribution is 9.10. The van der Waals surface area contributed by atoms with Crippen molar-refractivity contribution in [2.75, 3.05) is 7.11 Å². The number of methoxy groups -OCH3 is 1. The molecule has 94 valence electrons. The van der Waals surface area contributed by atoms with Crippen molar-refractivity contribution in [3.63, 3.8) is 0 Å². The lowest BCUT2D eigenvalue weighted by Crippen LogP contribution is -2.12. The Hall–Kier alpha value is -1.32. The van der Waals surface area contributed by atoms with Crippen LogP contribution in [0.1, 0.15) is 11.1 Å². The molecule has 2 rings (SSSR count). The minimum absolute atomic E-state index is 0.832. The highest BCUT2D eigenvalue weighted by atomic mass is 79.9. The molecule has 0 bridgehead atoms. The van der Waals surface area contributed by atoms with E-state index in [9.17, 15) is 0 Å². The highest BCUT2D eigenvalue weighted by Crippen LogP contribution is 2.16. The van der Waals surface area contributed by atoms with E-state index in [2.05, 4.69) is 39.4 Å². The van der Waals surface area contributed by atoms with Crippen LogP contribution in [0.2, 0.25) is 0 Å². The van der Waals surface area contributed by atoms with Crippen LogP contribution in [0.15, 0.2) is 53.0 Å². The first-order valence-electron chi connectivity index (χ1n) is 5.86. The van der Waals surface area contributed by atoms with Gasteiger partial charge in [-0.1, -0.05) is 46.3 Å². The molecule has 0 radical (unpaired) electrons. The van der Waals surface area contributed by atoms with Crippen molar-refractivity contribution < 1.29 is 4.74 Å². The van der Waals surface area contributed by atoms with Crippen molar-refractivity contribution >= 4 is 15.9 Å². The van der Waals surface area contributed by atoms with E-state index >= 15 is 0 Å². The maximum Gasteiger partial charge on any atom is 0.119 e.